The van der Waals surface area contributed by atoms with E-state index >= 15 is 0 Å². The molecule has 1 amide bonds. The van der Waals surface area contributed by atoms with Crippen LogP contribution < -0.4 is 5.32 Å². The Morgan fingerprint density at radius 2 is 2.06 bits per heavy atom. The second-order valence-electron chi connectivity index (χ2n) is 3.98. The van der Waals surface area contributed by atoms with Crippen molar-refractivity contribution >= 4 is 23.2 Å². The number of nitro benzene ring substituents is 1. The van der Waals surface area contributed by atoms with Gasteiger partial charge in [0, 0.05) is 29.6 Å². The van der Waals surface area contributed by atoms with E-state index in [0.29, 0.717) is 12.1 Å². The molecule has 0 saturated heterocycles. The molecule has 18 heavy (non-hydrogen) atoms. The molecule has 0 heterocycles. The van der Waals surface area contributed by atoms with Gasteiger partial charge in [0.2, 0.25) is 0 Å². The van der Waals surface area contributed by atoms with Crippen molar-refractivity contribution in [2.24, 2.45) is 0 Å². The van der Waals surface area contributed by atoms with E-state index in [1.807, 2.05) is 6.92 Å². The lowest BCUT2D eigenvalue weighted by atomic mass is 10.2. The number of nitrogens with one attached hydrogen (secondary N) is 1. The lowest BCUT2D eigenvalue weighted by molar-refractivity contribution is -0.384. The monoisotopic (exact) mass is 270 g/mol. The van der Waals surface area contributed by atoms with Crippen molar-refractivity contribution < 1.29 is 9.72 Å². The molecule has 0 fully saturated rings. The molecule has 1 rings (SSSR count). The Balaban J connectivity index is 2.44. The van der Waals surface area contributed by atoms with E-state index in [9.17, 15) is 14.9 Å². The van der Waals surface area contributed by atoms with Gasteiger partial charge in [0.05, 0.1) is 4.92 Å². The first kappa shape index (κ1) is 14.4. The standard InChI is InChI=1S/C12H15ClN2O3/c1-9(13)3-2-8-14-12(16)10-4-6-11(7-5-10)15(17)18/h4-7,9H,2-3,8H2,1H3,(H,14,16). The lowest BCUT2D eigenvalue weighted by Gasteiger charge is -2.05. The second-order valence-corrected chi connectivity index (χ2v) is 4.73. The number of hydrogen-bond acceptors (Lipinski definition) is 3. The van der Waals surface area contributed by atoms with Crippen molar-refractivity contribution in [2.75, 3.05) is 6.54 Å². The van der Waals surface area contributed by atoms with Crippen molar-refractivity contribution in [1.29, 1.82) is 0 Å². The number of benzene rings is 1. The summed E-state index contributed by atoms with van der Waals surface area (Å²) in [5.74, 6) is -0.230. The molecule has 1 aromatic carbocycles. The molecule has 0 aliphatic rings. The Hall–Kier alpha value is -1.62. The van der Waals surface area contributed by atoms with E-state index < -0.39 is 4.92 Å². The van der Waals surface area contributed by atoms with Crippen LogP contribution in [0.15, 0.2) is 24.3 Å². The molecule has 0 spiro atoms. The van der Waals surface area contributed by atoms with E-state index in [2.05, 4.69) is 5.32 Å². The molecule has 0 saturated carbocycles. The van der Waals surface area contributed by atoms with Crippen molar-refractivity contribution in [3.05, 3.63) is 39.9 Å². The third-order valence-electron chi connectivity index (χ3n) is 2.40. The third-order valence-corrected chi connectivity index (χ3v) is 2.62. The lowest BCUT2D eigenvalue weighted by Crippen LogP contribution is -2.24. The van der Waals surface area contributed by atoms with Crippen LogP contribution in [0.1, 0.15) is 30.1 Å². The average molecular weight is 271 g/mol. The van der Waals surface area contributed by atoms with Crippen LogP contribution in [0, 0.1) is 10.1 Å². The molecule has 98 valence electrons. The fraction of sp³-hybridized carbons (Fsp3) is 0.417. The first-order chi connectivity index (χ1) is 8.50. The maximum absolute atomic E-state index is 11.7. The van der Waals surface area contributed by atoms with Gasteiger partial charge >= 0.3 is 0 Å². The zero-order valence-electron chi connectivity index (χ0n) is 10.1. The molecule has 0 aromatic heterocycles. The maximum atomic E-state index is 11.7. The number of nitrogens with zero attached hydrogens (tertiary/aromatic N) is 1. The summed E-state index contributed by atoms with van der Waals surface area (Å²) in [6.45, 7) is 2.45. The molecule has 1 unspecified atom stereocenters. The van der Waals surface area contributed by atoms with Crippen LogP contribution in [0.5, 0.6) is 0 Å². The quantitative estimate of drug-likeness (QED) is 0.374. The molecule has 1 atom stereocenters. The van der Waals surface area contributed by atoms with E-state index in [-0.39, 0.29) is 17.0 Å². The molecule has 0 aliphatic carbocycles. The maximum Gasteiger partial charge on any atom is 0.269 e. The summed E-state index contributed by atoms with van der Waals surface area (Å²) < 4.78 is 0. The molecule has 0 bridgehead atoms. The summed E-state index contributed by atoms with van der Waals surface area (Å²) in [6.07, 6.45) is 1.64. The Morgan fingerprint density at radius 1 is 1.44 bits per heavy atom. The largest absolute Gasteiger partial charge is 0.352 e. The molecule has 1 aromatic rings. The minimum Gasteiger partial charge on any atom is -0.352 e. The molecular formula is C12H15ClN2O3. The fourth-order valence-corrected chi connectivity index (χ4v) is 1.58. The number of carbonyl (C=O) groups is 1. The second kappa shape index (κ2) is 6.96. The summed E-state index contributed by atoms with van der Waals surface area (Å²) in [4.78, 5) is 21.6. The Kier molecular flexibility index (Phi) is 5.58. The van der Waals surface area contributed by atoms with Gasteiger partial charge in [0.25, 0.3) is 11.6 Å². The minimum atomic E-state index is -0.496. The summed E-state index contributed by atoms with van der Waals surface area (Å²) in [5.41, 5.74) is 0.391. The van der Waals surface area contributed by atoms with Crippen LogP contribution >= 0.6 is 11.6 Å². The number of halogens is 1. The topological polar surface area (TPSA) is 72.2 Å². The number of non-ortho nitro benzene ring substituents is 1. The number of nitro groups is 1. The first-order valence-corrected chi connectivity index (χ1v) is 6.11. The van der Waals surface area contributed by atoms with Gasteiger partial charge in [0.15, 0.2) is 0 Å². The van der Waals surface area contributed by atoms with E-state index in [0.717, 1.165) is 12.8 Å². The van der Waals surface area contributed by atoms with Crippen LogP contribution in [0.4, 0.5) is 5.69 Å². The van der Waals surface area contributed by atoms with Crippen LogP contribution in [0.2, 0.25) is 0 Å². The average Bonchev–Trinajstić information content (AvgIpc) is 2.34. The third kappa shape index (κ3) is 4.71. The molecular weight excluding hydrogens is 256 g/mol. The number of amides is 1. The molecule has 0 aliphatic heterocycles. The van der Waals surface area contributed by atoms with Crippen molar-refractivity contribution in [2.45, 2.75) is 25.1 Å². The predicted molar refractivity (Wildman–Crippen MR) is 70.0 cm³/mol. The van der Waals surface area contributed by atoms with Gasteiger partial charge in [-0.05, 0) is 31.9 Å². The van der Waals surface area contributed by atoms with E-state index in [1.54, 1.807) is 0 Å². The van der Waals surface area contributed by atoms with Gasteiger partial charge in [-0.3, -0.25) is 14.9 Å². The highest BCUT2D eigenvalue weighted by atomic mass is 35.5. The van der Waals surface area contributed by atoms with E-state index in [4.69, 9.17) is 11.6 Å². The summed E-state index contributed by atoms with van der Waals surface area (Å²) in [7, 11) is 0. The van der Waals surface area contributed by atoms with Crippen LogP contribution in [0.3, 0.4) is 0 Å². The smallest absolute Gasteiger partial charge is 0.269 e. The van der Waals surface area contributed by atoms with Crippen molar-refractivity contribution in [3.8, 4) is 0 Å². The van der Waals surface area contributed by atoms with Gasteiger partial charge in [-0.25, -0.2) is 0 Å². The summed E-state index contributed by atoms with van der Waals surface area (Å²) >= 11 is 5.78. The summed E-state index contributed by atoms with van der Waals surface area (Å²) in [5, 5.41) is 13.3. The zero-order valence-corrected chi connectivity index (χ0v) is 10.8. The van der Waals surface area contributed by atoms with Crippen LogP contribution in [-0.2, 0) is 0 Å². The molecule has 1 N–H and O–H groups in total. The van der Waals surface area contributed by atoms with Crippen LogP contribution in [-0.4, -0.2) is 22.8 Å². The fourth-order valence-electron chi connectivity index (χ4n) is 1.42. The SMILES string of the molecule is CC(Cl)CCCNC(=O)c1ccc([N+](=O)[O-])cc1. The van der Waals surface area contributed by atoms with Gasteiger partial charge in [-0.2, -0.15) is 0 Å². The van der Waals surface area contributed by atoms with Gasteiger partial charge in [-0.1, -0.05) is 0 Å². The van der Waals surface area contributed by atoms with Crippen LogP contribution in [0.25, 0.3) is 0 Å². The molecule has 5 nitrogen and oxygen atoms in total. The number of rotatable bonds is 6. The molecule has 0 radical (unpaired) electrons. The highest BCUT2D eigenvalue weighted by Crippen LogP contribution is 2.11. The zero-order chi connectivity index (χ0) is 13.5. The first-order valence-electron chi connectivity index (χ1n) is 5.67. The number of hydrogen-bond donors (Lipinski definition) is 1. The number of alkyl halides is 1. The highest BCUT2D eigenvalue weighted by Gasteiger charge is 2.08. The number of carbonyl (C=O) groups excluding carboxylic acids is 1. The van der Waals surface area contributed by atoms with Gasteiger partial charge in [0.1, 0.15) is 0 Å². The molecule has 6 heteroatoms. The Morgan fingerprint density at radius 3 is 2.56 bits per heavy atom. The highest BCUT2D eigenvalue weighted by molar-refractivity contribution is 6.20. The van der Waals surface area contributed by atoms with Gasteiger partial charge in [-0.15, -0.1) is 11.6 Å². The summed E-state index contributed by atoms with van der Waals surface area (Å²) in [6, 6.07) is 5.51. The predicted octanol–water partition coefficient (Wildman–Crippen LogP) is 2.73. The Bertz CT molecular complexity index is 418. The van der Waals surface area contributed by atoms with Crippen molar-refractivity contribution in [1.82, 2.24) is 5.32 Å². The normalized spacial score (nSPS) is 11.9. The van der Waals surface area contributed by atoms with Gasteiger partial charge < -0.3 is 5.32 Å². The van der Waals surface area contributed by atoms with E-state index in [1.165, 1.54) is 24.3 Å². The van der Waals surface area contributed by atoms with Crippen molar-refractivity contribution in [3.63, 3.8) is 0 Å². The Labute approximate surface area is 110 Å². The minimum absolute atomic E-state index is 0.0254.